The van der Waals surface area contributed by atoms with Gasteiger partial charge in [-0.15, -0.1) is 0 Å². The van der Waals surface area contributed by atoms with Gasteiger partial charge in [-0.3, -0.25) is 4.79 Å². The average molecular weight is 295 g/mol. The minimum atomic E-state index is -0.00706. The van der Waals surface area contributed by atoms with E-state index in [0.29, 0.717) is 11.8 Å². The second-order valence-corrected chi connectivity index (χ2v) is 7.70. The molecular formula is C17H33N3O. The molecule has 4 unspecified atom stereocenters. The van der Waals surface area contributed by atoms with E-state index in [2.05, 4.69) is 37.9 Å². The number of nitrogens with two attached hydrogens (primary N) is 1. The zero-order chi connectivity index (χ0) is 15.6. The molecule has 1 aliphatic carbocycles. The summed E-state index contributed by atoms with van der Waals surface area (Å²) in [6.45, 7) is 13.1. The van der Waals surface area contributed by atoms with Crippen molar-refractivity contribution in [3.8, 4) is 0 Å². The standard InChI is InChI=1S/C17H33N3O/c1-5-20-9-8-13(11-20)10-19-16(21)14-6-7-15(18)12(2)17(14,3)4/h12-15H,5-11,18H2,1-4H3,(H,19,21). The van der Waals surface area contributed by atoms with Crippen LogP contribution in [-0.2, 0) is 4.79 Å². The van der Waals surface area contributed by atoms with Crippen molar-refractivity contribution in [3.05, 3.63) is 0 Å². The molecule has 0 spiro atoms. The molecule has 2 aliphatic rings. The van der Waals surface area contributed by atoms with Gasteiger partial charge in [0, 0.05) is 25.0 Å². The topological polar surface area (TPSA) is 58.4 Å². The zero-order valence-corrected chi connectivity index (χ0v) is 14.2. The van der Waals surface area contributed by atoms with Crippen LogP contribution in [0.15, 0.2) is 0 Å². The Labute approximate surface area is 129 Å². The monoisotopic (exact) mass is 295 g/mol. The zero-order valence-electron chi connectivity index (χ0n) is 14.2. The van der Waals surface area contributed by atoms with Crippen LogP contribution in [0.4, 0.5) is 0 Å². The molecule has 1 heterocycles. The maximum atomic E-state index is 12.6. The molecular weight excluding hydrogens is 262 g/mol. The normalized spacial score (nSPS) is 36.6. The van der Waals surface area contributed by atoms with Gasteiger partial charge >= 0.3 is 0 Å². The molecule has 0 aromatic rings. The highest BCUT2D eigenvalue weighted by atomic mass is 16.1. The van der Waals surface area contributed by atoms with Gasteiger partial charge in [0.25, 0.3) is 0 Å². The number of carbonyl (C=O) groups is 1. The average Bonchev–Trinajstić information content (AvgIpc) is 2.90. The lowest BCUT2D eigenvalue weighted by Crippen LogP contribution is -2.52. The molecule has 2 fully saturated rings. The molecule has 1 saturated carbocycles. The van der Waals surface area contributed by atoms with E-state index in [-0.39, 0.29) is 23.3 Å². The van der Waals surface area contributed by atoms with Crippen LogP contribution in [0, 0.1) is 23.2 Å². The van der Waals surface area contributed by atoms with E-state index < -0.39 is 0 Å². The van der Waals surface area contributed by atoms with Crippen LogP contribution < -0.4 is 11.1 Å². The molecule has 0 aromatic carbocycles. The van der Waals surface area contributed by atoms with Crippen molar-refractivity contribution in [2.24, 2.45) is 28.9 Å². The van der Waals surface area contributed by atoms with Crippen molar-refractivity contribution in [2.45, 2.75) is 53.0 Å². The predicted octanol–water partition coefficient (Wildman–Crippen LogP) is 1.84. The van der Waals surface area contributed by atoms with E-state index in [4.69, 9.17) is 5.73 Å². The van der Waals surface area contributed by atoms with Crippen molar-refractivity contribution in [1.29, 1.82) is 0 Å². The first-order valence-corrected chi connectivity index (χ1v) is 8.61. The number of nitrogens with one attached hydrogen (secondary N) is 1. The maximum absolute atomic E-state index is 12.6. The van der Waals surface area contributed by atoms with Crippen molar-refractivity contribution in [3.63, 3.8) is 0 Å². The third-order valence-corrected chi connectivity index (χ3v) is 6.20. The number of amides is 1. The van der Waals surface area contributed by atoms with Gasteiger partial charge < -0.3 is 16.0 Å². The smallest absolute Gasteiger partial charge is 0.223 e. The summed E-state index contributed by atoms with van der Waals surface area (Å²) in [5, 5.41) is 3.22. The van der Waals surface area contributed by atoms with E-state index in [9.17, 15) is 4.79 Å². The number of carbonyl (C=O) groups excluding carboxylic acids is 1. The third kappa shape index (κ3) is 3.59. The Hall–Kier alpha value is -0.610. The summed E-state index contributed by atoms with van der Waals surface area (Å²) in [5.41, 5.74) is 6.18. The molecule has 0 aromatic heterocycles. The van der Waals surface area contributed by atoms with E-state index in [1.807, 2.05) is 0 Å². The van der Waals surface area contributed by atoms with Crippen LogP contribution in [0.1, 0.15) is 47.0 Å². The van der Waals surface area contributed by atoms with Gasteiger partial charge in [-0.05, 0) is 49.6 Å². The van der Waals surface area contributed by atoms with Gasteiger partial charge in [0.05, 0.1) is 0 Å². The van der Waals surface area contributed by atoms with Gasteiger partial charge in [-0.2, -0.15) is 0 Å². The summed E-state index contributed by atoms with van der Waals surface area (Å²) in [6.07, 6.45) is 3.11. The highest BCUT2D eigenvalue weighted by molar-refractivity contribution is 5.79. The van der Waals surface area contributed by atoms with Crippen LogP contribution in [0.2, 0.25) is 0 Å². The van der Waals surface area contributed by atoms with E-state index in [1.54, 1.807) is 0 Å². The molecule has 3 N–H and O–H groups in total. The second-order valence-electron chi connectivity index (χ2n) is 7.70. The van der Waals surface area contributed by atoms with Crippen molar-refractivity contribution < 1.29 is 4.79 Å². The fourth-order valence-corrected chi connectivity index (χ4v) is 4.05. The summed E-state index contributed by atoms with van der Waals surface area (Å²) < 4.78 is 0. The van der Waals surface area contributed by atoms with E-state index in [0.717, 1.165) is 32.5 Å². The van der Waals surface area contributed by atoms with Gasteiger partial charge in [-0.25, -0.2) is 0 Å². The van der Waals surface area contributed by atoms with Crippen molar-refractivity contribution in [2.75, 3.05) is 26.2 Å². The van der Waals surface area contributed by atoms with Crippen molar-refractivity contribution >= 4 is 5.91 Å². The predicted molar refractivity (Wildman–Crippen MR) is 86.9 cm³/mol. The maximum Gasteiger partial charge on any atom is 0.223 e. The number of hydrogen-bond acceptors (Lipinski definition) is 3. The molecule has 0 bridgehead atoms. The summed E-state index contributed by atoms with van der Waals surface area (Å²) in [5.74, 6) is 1.37. The van der Waals surface area contributed by atoms with Gasteiger partial charge in [0.2, 0.25) is 5.91 Å². The van der Waals surface area contributed by atoms with Crippen LogP contribution in [-0.4, -0.2) is 43.0 Å². The largest absolute Gasteiger partial charge is 0.356 e. The number of hydrogen-bond donors (Lipinski definition) is 2. The van der Waals surface area contributed by atoms with Crippen LogP contribution >= 0.6 is 0 Å². The SMILES string of the molecule is CCN1CCC(CNC(=O)C2CCC(N)C(C)C2(C)C)C1. The quantitative estimate of drug-likeness (QED) is 0.832. The van der Waals surface area contributed by atoms with Gasteiger partial charge in [0.1, 0.15) is 0 Å². The Morgan fingerprint density at radius 1 is 1.33 bits per heavy atom. The summed E-state index contributed by atoms with van der Waals surface area (Å²) in [4.78, 5) is 15.1. The molecule has 4 nitrogen and oxygen atoms in total. The number of rotatable bonds is 4. The van der Waals surface area contributed by atoms with Crippen LogP contribution in [0.3, 0.4) is 0 Å². The molecule has 2 rings (SSSR count). The summed E-state index contributed by atoms with van der Waals surface area (Å²) in [6, 6.07) is 0.233. The van der Waals surface area contributed by atoms with Gasteiger partial charge in [0.15, 0.2) is 0 Å². The minimum absolute atomic E-state index is 0.00706. The highest BCUT2D eigenvalue weighted by Crippen LogP contribution is 2.44. The lowest BCUT2D eigenvalue weighted by molar-refractivity contribution is -0.132. The lowest BCUT2D eigenvalue weighted by Gasteiger charge is -2.46. The Kier molecular flexibility index (Phi) is 5.31. The Morgan fingerprint density at radius 3 is 2.67 bits per heavy atom. The molecule has 21 heavy (non-hydrogen) atoms. The highest BCUT2D eigenvalue weighted by Gasteiger charge is 2.45. The summed E-state index contributed by atoms with van der Waals surface area (Å²) >= 11 is 0. The third-order valence-electron chi connectivity index (χ3n) is 6.20. The molecule has 4 atom stereocenters. The first kappa shape index (κ1) is 16.8. The summed E-state index contributed by atoms with van der Waals surface area (Å²) in [7, 11) is 0. The molecule has 4 heteroatoms. The molecule has 0 radical (unpaired) electrons. The fraction of sp³-hybridized carbons (Fsp3) is 0.941. The van der Waals surface area contributed by atoms with E-state index >= 15 is 0 Å². The lowest BCUT2D eigenvalue weighted by atomic mass is 9.61. The first-order chi connectivity index (χ1) is 9.86. The second kappa shape index (κ2) is 6.66. The molecule has 1 aliphatic heterocycles. The molecule has 1 saturated heterocycles. The Morgan fingerprint density at radius 2 is 2.05 bits per heavy atom. The Bertz CT molecular complexity index is 369. The fourth-order valence-electron chi connectivity index (χ4n) is 4.05. The molecule has 1 amide bonds. The number of likely N-dealkylation sites (tertiary alicyclic amines) is 1. The first-order valence-electron chi connectivity index (χ1n) is 8.61. The Balaban J connectivity index is 1.86. The number of nitrogens with zero attached hydrogens (tertiary/aromatic N) is 1. The van der Waals surface area contributed by atoms with Gasteiger partial charge in [-0.1, -0.05) is 27.7 Å². The minimum Gasteiger partial charge on any atom is -0.356 e. The van der Waals surface area contributed by atoms with Crippen molar-refractivity contribution in [1.82, 2.24) is 10.2 Å². The molecule has 122 valence electrons. The van der Waals surface area contributed by atoms with Crippen LogP contribution in [0.25, 0.3) is 0 Å². The van der Waals surface area contributed by atoms with E-state index in [1.165, 1.54) is 13.0 Å². The van der Waals surface area contributed by atoms with Crippen LogP contribution in [0.5, 0.6) is 0 Å².